The minimum Gasteiger partial charge on any atom is -0.328 e. The van der Waals surface area contributed by atoms with E-state index >= 15 is 0 Å². The maximum absolute atomic E-state index is 4.43. The molecule has 1 N–H and O–H groups in total. The Kier molecular flexibility index (Phi) is 4.15. The molecule has 1 aromatic carbocycles. The number of fused-ring (bicyclic) bond motifs is 1. The minimum absolute atomic E-state index is 0.492. The van der Waals surface area contributed by atoms with Crippen molar-refractivity contribution < 1.29 is 0 Å². The van der Waals surface area contributed by atoms with E-state index in [2.05, 4.69) is 46.9 Å². The molecule has 0 saturated carbocycles. The summed E-state index contributed by atoms with van der Waals surface area (Å²) < 4.78 is 2.27. The predicted molar refractivity (Wildman–Crippen MR) is 72.2 cm³/mol. The van der Waals surface area contributed by atoms with Crippen molar-refractivity contribution in [1.29, 1.82) is 0 Å². The number of aromatic nitrogens is 2. The zero-order valence-electron chi connectivity index (χ0n) is 10.7. The van der Waals surface area contributed by atoms with Crippen LogP contribution in [0.3, 0.4) is 0 Å². The molecule has 0 aliphatic carbocycles. The summed E-state index contributed by atoms with van der Waals surface area (Å²) in [7, 11) is 0. The van der Waals surface area contributed by atoms with Gasteiger partial charge in [0.1, 0.15) is 0 Å². The fraction of sp³-hybridized carbons (Fsp3) is 0.500. The van der Waals surface area contributed by atoms with E-state index < -0.39 is 0 Å². The molecule has 3 heteroatoms. The molecule has 0 saturated heterocycles. The van der Waals surface area contributed by atoms with Crippen LogP contribution >= 0.6 is 0 Å². The number of nitrogens with one attached hydrogen (secondary N) is 1. The monoisotopic (exact) mass is 231 g/mol. The highest BCUT2D eigenvalue weighted by atomic mass is 15.1. The molecule has 0 bridgehead atoms. The zero-order chi connectivity index (χ0) is 12.1. The third-order valence-corrected chi connectivity index (χ3v) is 3.12. The molecule has 2 aromatic rings. The van der Waals surface area contributed by atoms with Gasteiger partial charge in [-0.05, 0) is 45.0 Å². The Balaban J connectivity index is 2.01. The van der Waals surface area contributed by atoms with Gasteiger partial charge in [-0.3, -0.25) is 0 Å². The van der Waals surface area contributed by atoms with E-state index in [0.29, 0.717) is 6.04 Å². The van der Waals surface area contributed by atoms with Gasteiger partial charge in [0.25, 0.3) is 0 Å². The molecule has 1 aromatic heterocycles. The van der Waals surface area contributed by atoms with Crippen LogP contribution in [0.15, 0.2) is 30.6 Å². The Labute approximate surface area is 103 Å². The Morgan fingerprint density at radius 1 is 1.29 bits per heavy atom. The Bertz CT molecular complexity index is 461. The first-order chi connectivity index (χ1) is 8.33. The van der Waals surface area contributed by atoms with Crippen molar-refractivity contribution in [2.75, 3.05) is 13.1 Å². The number of hydrogen-bond acceptors (Lipinski definition) is 2. The molecular weight excluding hydrogens is 210 g/mol. The van der Waals surface area contributed by atoms with Gasteiger partial charge in [-0.25, -0.2) is 4.98 Å². The number of nitrogens with zero attached hydrogens (tertiary/aromatic N) is 2. The van der Waals surface area contributed by atoms with Gasteiger partial charge >= 0.3 is 0 Å². The van der Waals surface area contributed by atoms with Crippen LogP contribution in [-0.2, 0) is 0 Å². The van der Waals surface area contributed by atoms with Crippen LogP contribution in [0.25, 0.3) is 11.0 Å². The van der Waals surface area contributed by atoms with Gasteiger partial charge in [0.2, 0.25) is 0 Å². The van der Waals surface area contributed by atoms with Gasteiger partial charge < -0.3 is 9.88 Å². The Morgan fingerprint density at radius 2 is 2.12 bits per heavy atom. The van der Waals surface area contributed by atoms with Gasteiger partial charge in [-0.1, -0.05) is 19.1 Å². The third-order valence-electron chi connectivity index (χ3n) is 3.12. The lowest BCUT2D eigenvalue weighted by atomic mass is 10.2. The first kappa shape index (κ1) is 12.1. The Hall–Kier alpha value is -1.35. The molecule has 0 radical (unpaired) electrons. The van der Waals surface area contributed by atoms with Crippen LogP contribution in [0.2, 0.25) is 0 Å². The number of rotatable bonds is 6. The van der Waals surface area contributed by atoms with Crippen LogP contribution in [0.5, 0.6) is 0 Å². The molecule has 92 valence electrons. The maximum Gasteiger partial charge on any atom is 0.0960 e. The maximum atomic E-state index is 4.43. The third kappa shape index (κ3) is 2.86. The van der Waals surface area contributed by atoms with Gasteiger partial charge in [-0.2, -0.15) is 0 Å². The van der Waals surface area contributed by atoms with E-state index in [4.69, 9.17) is 0 Å². The smallest absolute Gasteiger partial charge is 0.0960 e. The topological polar surface area (TPSA) is 29.9 Å². The van der Waals surface area contributed by atoms with E-state index in [1.54, 1.807) is 0 Å². The highest BCUT2D eigenvalue weighted by Gasteiger charge is 2.08. The minimum atomic E-state index is 0.492. The van der Waals surface area contributed by atoms with Gasteiger partial charge in [-0.15, -0.1) is 0 Å². The SMILES string of the molecule is CCCNCCC(C)n1cnc2ccccc21. The molecule has 1 heterocycles. The van der Waals surface area contributed by atoms with Crippen LogP contribution in [0, 0.1) is 0 Å². The zero-order valence-corrected chi connectivity index (χ0v) is 10.7. The average molecular weight is 231 g/mol. The standard InChI is InChI=1S/C14H21N3/c1-3-9-15-10-8-12(2)17-11-16-13-6-4-5-7-14(13)17/h4-7,11-12,15H,3,8-10H2,1-2H3. The number of benzene rings is 1. The van der Waals surface area contributed by atoms with Crippen molar-refractivity contribution in [2.24, 2.45) is 0 Å². The van der Waals surface area contributed by atoms with E-state index in [1.807, 2.05) is 12.4 Å². The Morgan fingerprint density at radius 3 is 2.94 bits per heavy atom. The van der Waals surface area contributed by atoms with Crippen molar-refractivity contribution in [1.82, 2.24) is 14.9 Å². The highest BCUT2D eigenvalue weighted by molar-refractivity contribution is 5.75. The number of imidazole rings is 1. The molecule has 0 aliphatic rings. The lowest BCUT2D eigenvalue weighted by Gasteiger charge is -2.14. The molecule has 17 heavy (non-hydrogen) atoms. The van der Waals surface area contributed by atoms with E-state index in [9.17, 15) is 0 Å². The number of para-hydroxylation sites is 2. The average Bonchev–Trinajstić information content (AvgIpc) is 2.78. The van der Waals surface area contributed by atoms with E-state index in [0.717, 1.165) is 25.0 Å². The summed E-state index contributed by atoms with van der Waals surface area (Å²) in [5.74, 6) is 0. The summed E-state index contributed by atoms with van der Waals surface area (Å²) in [6, 6.07) is 8.80. The van der Waals surface area contributed by atoms with Crippen molar-refractivity contribution >= 4 is 11.0 Å². The second-order valence-electron chi connectivity index (χ2n) is 4.53. The van der Waals surface area contributed by atoms with Gasteiger partial charge in [0, 0.05) is 6.04 Å². The van der Waals surface area contributed by atoms with Crippen molar-refractivity contribution in [3.05, 3.63) is 30.6 Å². The molecule has 0 spiro atoms. The normalized spacial score (nSPS) is 13.1. The summed E-state index contributed by atoms with van der Waals surface area (Å²) in [4.78, 5) is 4.43. The molecule has 3 nitrogen and oxygen atoms in total. The first-order valence-corrected chi connectivity index (χ1v) is 6.45. The second kappa shape index (κ2) is 5.82. The highest BCUT2D eigenvalue weighted by Crippen LogP contribution is 2.18. The largest absolute Gasteiger partial charge is 0.328 e. The molecule has 0 fully saturated rings. The van der Waals surface area contributed by atoms with Gasteiger partial charge in [0.05, 0.1) is 17.4 Å². The molecule has 0 amide bonds. The number of hydrogen-bond donors (Lipinski definition) is 1. The fourth-order valence-corrected chi connectivity index (χ4v) is 2.08. The van der Waals surface area contributed by atoms with Gasteiger partial charge in [0.15, 0.2) is 0 Å². The fourth-order valence-electron chi connectivity index (χ4n) is 2.08. The van der Waals surface area contributed by atoms with Crippen molar-refractivity contribution in [2.45, 2.75) is 32.7 Å². The second-order valence-corrected chi connectivity index (χ2v) is 4.53. The first-order valence-electron chi connectivity index (χ1n) is 6.45. The summed E-state index contributed by atoms with van der Waals surface area (Å²) >= 11 is 0. The summed E-state index contributed by atoms with van der Waals surface area (Å²) in [6.45, 7) is 6.63. The van der Waals surface area contributed by atoms with Crippen molar-refractivity contribution in [3.8, 4) is 0 Å². The predicted octanol–water partition coefficient (Wildman–Crippen LogP) is 2.99. The van der Waals surface area contributed by atoms with Crippen molar-refractivity contribution in [3.63, 3.8) is 0 Å². The van der Waals surface area contributed by atoms with Crippen LogP contribution < -0.4 is 5.32 Å². The molecule has 1 atom stereocenters. The quantitative estimate of drug-likeness (QED) is 0.775. The molecule has 1 unspecified atom stereocenters. The molecule has 2 rings (SSSR count). The van der Waals surface area contributed by atoms with E-state index in [-0.39, 0.29) is 0 Å². The lowest BCUT2D eigenvalue weighted by molar-refractivity contribution is 0.492. The summed E-state index contributed by atoms with van der Waals surface area (Å²) in [5, 5.41) is 3.44. The van der Waals surface area contributed by atoms with Crippen LogP contribution in [0.4, 0.5) is 0 Å². The van der Waals surface area contributed by atoms with Crippen LogP contribution in [-0.4, -0.2) is 22.6 Å². The summed E-state index contributed by atoms with van der Waals surface area (Å²) in [6.07, 6.45) is 4.29. The van der Waals surface area contributed by atoms with Crippen LogP contribution in [0.1, 0.15) is 32.7 Å². The van der Waals surface area contributed by atoms with E-state index in [1.165, 1.54) is 11.9 Å². The molecule has 0 aliphatic heterocycles. The lowest BCUT2D eigenvalue weighted by Crippen LogP contribution is -2.19. The molecular formula is C14H21N3. The summed E-state index contributed by atoms with van der Waals surface area (Å²) in [5.41, 5.74) is 2.32.